The molecule has 3 rings (SSSR count). The number of fused-ring (bicyclic) bond motifs is 1. The minimum absolute atomic E-state index is 0. The van der Waals surface area contributed by atoms with Gasteiger partial charge in [0.15, 0.2) is 0 Å². The zero-order chi connectivity index (χ0) is 13.4. The van der Waals surface area contributed by atoms with Crippen molar-refractivity contribution in [3.05, 3.63) is 41.0 Å². The topological polar surface area (TPSA) is 3.24 Å². The van der Waals surface area contributed by atoms with Crippen LogP contribution in [0.4, 0.5) is 0 Å². The lowest BCUT2D eigenvalue weighted by Crippen LogP contribution is -2.25. The summed E-state index contributed by atoms with van der Waals surface area (Å²) in [5, 5.41) is 0. The van der Waals surface area contributed by atoms with E-state index in [1.807, 2.05) is 0 Å². The molecule has 0 bridgehead atoms. The van der Waals surface area contributed by atoms with E-state index in [1.54, 1.807) is 22.3 Å². The molecular weight excluding hydrogens is 266 g/mol. The average Bonchev–Trinajstić information content (AvgIpc) is 2.83. The van der Waals surface area contributed by atoms with Gasteiger partial charge < -0.3 is 4.90 Å². The molecule has 1 aromatic carbocycles. The lowest BCUT2D eigenvalue weighted by Gasteiger charge is -2.33. The molecule has 20 heavy (non-hydrogen) atoms. The number of benzene rings is 1. The molecule has 0 saturated carbocycles. The van der Waals surface area contributed by atoms with Gasteiger partial charge in [0.05, 0.1) is 0 Å². The highest BCUT2D eigenvalue weighted by Crippen LogP contribution is 2.41. The Balaban J connectivity index is 0.00000147. The lowest BCUT2D eigenvalue weighted by molar-refractivity contribution is 0.268. The van der Waals surface area contributed by atoms with Gasteiger partial charge in [-0.05, 0) is 74.4 Å². The third-order valence-electron chi connectivity index (χ3n) is 4.78. The molecule has 2 unspecified atom stereocenters. The van der Waals surface area contributed by atoms with E-state index in [0.717, 1.165) is 5.92 Å². The van der Waals surface area contributed by atoms with Crippen LogP contribution in [0.3, 0.4) is 0 Å². The van der Waals surface area contributed by atoms with Crippen molar-refractivity contribution in [3.63, 3.8) is 0 Å². The first-order valence-corrected chi connectivity index (χ1v) is 7.66. The van der Waals surface area contributed by atoms with Crippen LogP contribution in [0.15, 0.2) is 24.3 Å². The minimum atomic E-state index is 0. The van der Waals surface area contributed by atoms with Crippen LogP contribution in [-0.2, 0) is 6.42 Å². The number of hydrogen-bond acceptors (Lipinski definition) is 1. The second-order valence-electron chi connectivity index (χ2n) is 6.46. The first kappa shape index (κ1) is 15.6. The largest absolute Gasteiger partial charge is 0.302 e. The molecule has 2 heteroatoms. The van der Waals surface area contributed by atoms with E-state index in [9.17, 15) is 0 Å². The Morgan fingerprint density at radius 3 is 2.55 bits per heavy atom. The SMILES string of the molecule is CC1C=C(c2cccc3c2C(N(C)C)CCC3)CC1.Cl. The second kappa shape index (κ2) is 6.32. The molecule has 0 spiro atoms. The van der Waals surface area contributed by atoms with E-state index in [4.69, 9.17) is 0 Å². The van der Waals surface area contributed by atoms with Gasteiger partial charge in [0, 0.05) is 6.04 Å². The first-order valence-electron chi connectivity index (χ1n) is 7.66. The fourth-order valence-electron chi connectivity index (χ4n) is 3.77. The summed E-state index contributed by atoms with van der Waals surface area (Å²) in [5.41, 5.74) is 6.35. The van der Waals surface area contributed by atoms with E-state index in [1.165, 1.54) is 32.1 Å². The Bertz CT molecular complexity index is 504. The van der Waals surface area contributed by atoms with Crippen LogP contribution < -0.4 is 0 Å². The Kier molecular flexibility index (Phi) is 4.93. The zero-order valence-electron chi connectivity index (χ0n) is 12.9. The van der Waals surface area contributed by atoms with E-state index < -0.39 is 0 Å². The zero-order valence-corrected chi connectivity index (χ0v) is 13.7. The molecule has 1 aromatic rings. The fourth-order valence-corrected chi connectivity index (χ4v) is 3.77. The van der Waals surface area contributed by atoms with Crippen LogP contribution in [0.5, 0.6) is 0 Å². The quantitative estimate of drug-likeness (QED) is 0.752. The molecule has 0 N–H and O–H groups in total. The highest BCUT2D eigenvalue weighted by molar-refractivity contribution is 5.85. The first-order chi connectivity index (χ1) is 9.16. The molecule has 0 fully saturated rings. The number of halogens is 1. The molecule has 0 amide bonds. The summed E-state index contributed by atoms with van der Waals surface area (Å²) in [6.45, 7) is 2.34. The summed E-state index contributed by atoms with van der Waals surface area (Å²) in [5.74, 6) is 0.757. The van der Waals surface area contributed by atoms with Gasteiger partial charge in [-0.2, -0.15) is 0 Å². The second-order valence-corrected chi connectivity index (χ2v) is 6.46. The van der Waals surface area contributed by atoms with Gasteiger partial charge in [-0.3, -0.25) is 0 Å². The van der Waals surface area contributed by atoms with Gasteiger partial charge in [0.1, 0.15) is 0 Å². The highest BCUT2D eigenvalue weighted by atomic mass is 35.5. The molecule has 1 nitrogen and oxygen atoms in total. The maximum Gasteiger partial charge on any atom is 0.0350 e. The van der Waals surface area contributed by atoms with Crippen molar-refractivity contribution in [3.8, 4) is 0 Å². The summed E-state index contributed by atoms with van der Waals surface area (Å²) in [4.78, 5) is 2.40. The van der Waals surface area contributed by atoms with Gasteiger partial charge in [0.2, 0.25) is 0 Å². The van der Waals surface area contributed by atoms with Gasteiger partial charge in [-0.25, -0.2) is 0 Å². The summed E-state index contributed by atoms with van der Waals surface area (Å²) in [6.07, 6.45) is 8.98. The Morgan fingerprint density at radius 2 is 1.90 bits per heavy atom. The van der Waals surface area contributed by atoms with E-state index >= 15 is 0 Å². The van der Waals surface area contributed by atoms with E-state index in [2.05, 4.69) is 50.2 Å². The van der Waals surface area contributed by atoms with Gasteiger partial charge in [0.25, 0.3) is 0 Å². The van der Waals surface area contributed by atoms with Crippen molar-refractivity contribution in [1.82, 2.24) is 4.90 Å². The van der Waals surface area contributed by atoms with Crippen LogP contribution in [0.25, 0.3) is 5.57 Å². The van der Waals surface area contributed by atoms with Crippen molar-refractivity contribution in [1.29, 1.82) is 0 Å². The smallest absolute Gasteiger partial charge is 0.0350 e. The van der Waals surface area contributed by atoms with Gasteiger partial charge in [-0.1, -0.05) is 31.2 Å². The molecule has 0 saturated heterocycles. The Labute approximate surface area is 129 Å². The van der Waals surface area contributed by atoms with Crippen LogP contribution in [0.2, 0.25) is 0 Å². The summed E-state index contributed by atoms with van der Waals surface area (Å²) >= 11 is 0. The van der Waals surface area contributed by atoms with Crippen molar-refractivity contribution < 1.29 is 0 Å². The van der Waals surface area contributed by atoms with Crippen molar-refractivity contribution in [2.45, 2.75) is 45.1 Å². The molecule has 2 atom stereocenters. The van der Waals surface area contributed by atoms with Gasteiger partial charge >= 0.3 is 0 Å². The van der Waals surface area contributed by atoms with Crippen LogP contribution in [-0.4, -0.2) is 19.0 Å². The molecule has 2 aliphatic carbocycles. The third-order valence-corrected chi connectivity index (χ3v) is 4.78. The predicted molar refractivity (Wildman–Crippen MR) is 89.4 cm³/mol. The minimum Gasteiger partial charge on any atom is -0.302 e. The number of aryl methyl sites for hydroxylation is 1. The average molecular weight is 292 g/mol. The number of hydrogen-bond donors (Lipinski definition) is 0. The monoisotopic (exact) mass is 291 g/mol. The van der Waals surface area contributed by atoms with Crippen molar-refractivity contribution in [2.75, 3.05) is 14.1 Å². The molecular formula is C18H26ClN. The molecule has 0 radical (unpaired) electrons. The Hall–Kier alpha value is -0.790. The molecule has 2 aliphatic rings. The van der Waals surface area contributed by atoms with Gasteiger partial charge in [-0.15, -0.1) is 12.4 Å². The molecule has 0 aromatic heterocycles. The van der Waals surface area contributed by atoms with Crippen LogP contribution in [0.1, 0.15) is 55.3 Å². The predicted octanol–water partition coefficient (Wildman–Crippen LogP) is 4.86. The van der Waals surface area contributed by atoms with Crippen LogP contribution >= 0.6 is 12.4 Å². The van der Waals surface area contributed by atoms with E-state index in [-0.39, 0.29) is 12.4 Å². The summed E-state index contributed by atoms with van der Waals surface area (Å²) in [7, 11) is 4.45. The van der Waals surface area contributed by atoms with Crippen molar-refractivity contribution >= 4 is 18.0 Å². The third kappa shape index (κ3) is 2.80. The Morgan fingerprint density at radius 1 is 1.10 bits per heavy atom. The fraction of sp³-hybridized carbons (Fsp3) is 0.556. The number of nitrogens with zero attached hydrogens (tertiary/aromatic N) is 1. The molecule has 0 heterocycles. The summed E-state index contributed by atoms with van der Waals surface area (Å²) in [6, 6.07) is 7.56. The molecule has 0 aliphatic heterocycles. The number of allylic oxidation sites excluding steroid dienone is 2. The lowest BCUT2D eigenvalue weighted by atomic mass is 9.82. The maximum absolute atomic E-state index is 2.50. The summed E-state index contributed by atoms with van der Waals surface area (Å²) < 4.78 is 0. The highest BCUT2D eigenvalue weighted by Gasteiger charge is 2.26. The van der Waals surface area contributed by atoms with Crippen molar-refractivity contribution in [2.24, 2.45) is 5.92 Å². The molecule has 110 valence electrons. The number of rotatable bonds is 2. The maximum atomic E-state index is 2.50. The van der Waals surface area contributed by atoms with Crippen LogP contribution in [0, 0.1) is 5.92 Å². The van der Waals surface area contributed by atoms with E-state index in [0.29, 0.717) is 6.04 Å². The normalized spacial score (nSPS) is 25.1. The standard InChI is InChI=1S/C18H25N.ClH/c1-13-10-11-15(12-13)16-8-4-6-14-7-5-9-17(18(14)16)19(2)3;/h4,6,8,12-13,17H,5,7,9-11H2,1-3H3;1H.